The van der Waals surface area contributed by atoms with Gasteiger partial charge in [0.05, 0.1) is 0 Å². The zero-order valence-corrected chi connectivity index (χ0v) is 12.3. The summed E-state index contributed by atoms with van der Waals surface area (Å²) < 4.78 is 0. The molecule has 0 aliphatic heterocycles. The van der Waals surface area contributed by atoms with E-state index in [0.29, 0.717) is 10.6 Å². The molecule has 0 spiro atoms. The molecule has 0 aliphatic rings. The van der Waals surface area contributed by atoms with Crippen molar-refractivity contribution >= 4 is 17.5 Å². The molecule has 0 saturated heterocycles. The lowest BCUT2D eigenvalue weighted by atomic mass is 10.0. The summed E-state index contributed by atoms with van der Waals surface area (Å²) in [5, 5.41) is 0.662. The lowest BCUT2D eigenvalue weighted by Gasteiger charge is -2.06. The fourth-order valence-electron chi connectivity index (χ4n) is 1.35. The van der Waals surface area contributed by atoms with E-state index in [4.69, 9.17) is 17.3 Å². The van der Waals surface area contributed by atoms with Crippen LogP contribution in [0.1, 0.15) is 40.5 Å². The quantitative estimate of drug-likeness (QED) is 0.568. The van der Waals surface area contributed by atoms with Crippen LogP contribution in [0, 0.1) is 0 Å². The van der Waals surface area contributed by atoms with Crippen molar-refractivity contribution in [2.45, 2.75) is 40.5 Å². The summed E-state index contributed by atoms with van der Waals surface area (Å²) in [6.07, 6.45) is 9.10. The molecule has 2 nitrogen and oxygen atoms in total. The topological polar surface area (TPSA) is 43.1 Å². The Morgan fingerprint density at radius 3 is 2.22 bits per heavy atom. The maximum atomic E-state index is 11.5. The van der Waals surface area contributed by atoms with E-state index in [2.05, 4.69) is 6.92 Å². The van der Waals surface area contributed by atoms with E-state index in [0.717, 1.165) is 18.4 Å². The first-order chi connectivity index (χ1) is 8.42. The van der Waals surface area contributed by atoms with Gasteiger partial charge in [-0.1, -0.05) is 49.2 Å². The van der Waals surface area contributed by atoms with Crippen molar-refractivity contribution in [2.24, 2.45) is 5.73 Å². The Balaban J connectivity index is 5.59. The van der Waals surface area contributed by atoms with Gasteiger partial charge in [-0.25, -0.2) is 0 Å². The summed E-state index contributed by atoms with van der Waals surface area (Å²) in [5.41, 5.74) is 7.95. The zero-order valence-electron chi connectivity index (χ0n) is 11.6. The van der Waals surface area contributed by atoms with Gasteiger partial charge in [0.1, 0.15) is 0 Å². The molecule has 0 fully saturated rings. The van der Waals surface area contributed by atoms with Crippen molar-refractivity contribution in [3.63, 3.8) is 0 Å². The molecule has 2 N–H and O–H groups in total. The number of amides is 1. The third kappa shape index (κ3) is 6.45. The molecule has 0 saturated carbocycles. The molecule has 0 heterocycles. The summed E-state index contributed by atoms with van der Waals surface area (Å²) in [6, 6.07) is 0. The van der Waals surface area contributed by atoms with Gasteiger partial charge in [-0.15, -0.1) is 0 Å². The molecule has 18 heavy (non-hydrogen) atoms. The van der Waals surface area contributed by atoms with Gasteiger partial charge in [0, 0.05) is 10.6 Å². The monoisotopic (exact) mass is 267 g/mol. The Labute approximate surface area is 115 Å². The van der Waals surface area contributed by atoms with Crippen LogP contribution in [0.2, 0.25) is 0 Å². The first kappa shape index (κ1) is 16.7. The molecular formula is C15H22ClNO. The summed E-state index contributed by atoms with van der Waals surface area (Å²) in [4.78, 5) is 11.5. The molecular weight excluding hydrogens is 246 g/mol. The van der Waals surface area contributed by atoms with E-state index in [-0.39, 0.29) is 0 Å². The third-order valence-corrected chi connectivity index (χ3v) is 2.56. The Bertz CT molecular complexity index is 410. The minimum atomic E-state index is -0.413. The van der Waals surface area contributed by atoms with Gasteiger partial charge in [-0.05, 0) is 38.3 Å². The van der Waals surface area contributed by atoms with E-state index in [9.17, 15) is 4.79 Å². The van der Waals surface area contributed by atoms with E-state index in [1.54, 1.807) is 13.0 Å². The number of hydrogen-bond donors (Lipinski definition) is 1. The number of hydrogen-bond acceptors (Lipinski definition) is 1. The zero-order chi connectivity index (χ0) is 14.1. The van der Waals surface area contributed by atoms with Gasteiger partial charge in [0.2, 0.25) is 5.91 Å². The van der Waals surface area contributed by atoms with Gasteiger partial charge < -0.3 is 5.73 Å². The van der Waals surface area contributed by atoms with Gasteiger partial charge in [-0.2, -0.15) is 0 Å². The normalized spacial score (nSPS) is 14.9. The lowest BCUT2D eigenvalue weighted by Crippen LogP contribution is -2.15. The molecule has 0 aromatic heterocycles. The highest BCUT2D eigenvalue weighted by Crippen LogP contribution is 2.17. The number of carbonyl (C=O) groups excluding carboxylic acids is 1. The van der Waals surface area contributed by atoms with Crippen LogP contribution in [0.25, 0.3) is 0 Å². The predicted molar refractivity (Wildman–Crippen MR) is 79.3 cm³/mol. The van der Waals surface area contributed by atoms with Gasteiger partial charge in [0.15, 0.2) is 0 Å². The fourth-order valence-corrected chi connectivity index (χ4v) is 1.42. The highest BCUT2D eigenvalue weighted by atomic mass is 35.5. The lowest BCUT2D eigenvalue weighted by molar-refractivity contribution is -0.114. The number of allylic oxidation sites excluding steroid dienone is 6. The molecule has 3 heteroatoms. The minimum absolute atomic E-state index is 0.413. The molecule has 0 radical (unpaired) electrons. The second-order valence-electron chi connectivity index (χ2n) is 4.11. The maximum Gasteiger partial charge on any atom is 0.248 e. The highest BCUT2D eigenvalue weighted by Gasteiger charge is 2.08. The molecule has 0 rings (SSSR count). The average molecular weight is 268 g/mol. The van der Waals surface area contributed by atoms with Crippen LogP contribution < -0.4 is 5.73 Å². The van der Waals surface area contributed by atoms with Crippen LogP contribution in [-0.2, 0) is 4.79 Å². The van der Waals surface area contributed by atoms with Crippen molar-refractivity contribution in [1.82, 2.24) is 0 Å². The van der Waals surface area contributed by atoms with E-state index in [1.807, 2.05) is 32.1 Å². The van der Waals surface area contributed by atoms with E-state index in [1.165, 1.54) is 5.57 Å². The van der Waals surface area contributed by atoms with Crippen LogP contribution >= 0.6 is 11.6 Å². The second kappa shape index (κ2) is 8.76. The van der Waals surface area contributed by atoms with E-state index < -0.39 is 5.91 Å². The SMILES string of the molecule is CC/C=C(/C(N)=O)C(=C/C=C(\C)Cl)/C=C(\C)CC. The van der Waals surface area contributed by atoms with Crippen molar-refractivity contribution in [3.8, 4) is 0 Å². The fraction of sp³-hybridized carbons (Fsp3) is 0.400. The van der Waals surface area contributed by atoms with Gasteiger partial charge in [0.25, 0.3) is 0 Å². The Kier molecular flexibility index (Phi) is 8.14. The van der Waals surface area contributed by atoms with Crippen LogP contribution in [0.3, 0.4) is 0 Å². The Hall–Kier alpha value is -1.28. The summed E-state index contributed by atoms with van der Waals surface area (Å²) in [7, 11) is 0. The Morgan fingerprint density at radius 1 is 1.22 bits per heavy atom. The second-order valence-corrected chi connectivity index (χ2v) is 4.71. The average Bonchev–Trinajstić information content (AvgIpc) is 2.30. The smallest absolute Gasteiger partial charge is 0.248 e. The van der Waals surface area contributed by atoms with Crippen molar-refractivity contribution in [2.75, 3.05) is 0 Å². The van der Waals surface area contributed by atoms with Crippen LogP contribution in [0.5, 0.6) is 0 Å². The largest absolute Gasteiger partial charge is 0.366 e. The molecule has 0 bridgehead atoms. The van der Waals surface area contributed by atoms with Crippen LogP contribution in [0.15, 0.2) is 46.1 Å². The van der Waals surface area contributed by atoms with Crippen LogP contribution in [-0.4, -0.2) is 5.91 Å². The van der Waals surface area contributed by atoms with Gasteiger partial charge >= 0.3 is 0 Å². The van der Waals surface area contributed by atoms with Gasteiger partial charge in [-0.3, -0.25) is 4.79 Å². The van der Waals surface area contributed by atoms with Crippen LogP contribution in [0.4, 0.5) is 0 Å². The molecule has 0 atom stereocenters. The molecule has 0 aliphatic carbocycles. The Morgan fingerprint density at radius 2 is 1.83 bits per heavy atom. The summed E-state index contributed by atoms with van der Waals surface area (Å²) in [6.45, 7) is 7.86. The summed E-state index contributed by atoms with van der Waals surface area (Å²) >= 11 is 5.81. The van der Waals surface area contributed by atoms with Crippen molar-refractivity contribution in [3.05, 3.63) is 46.1 Å². The molecule has 0 aromatic carbocycles. The van der Waals surface area contributed by atoms with Crippen molar-refractivity contribution < 1.29 is 4.79 Å². The third-order valence-electron chi connectivity index (χ3n) is 2.44. The highest BCUT2D eigenvalue weighted by molar-refractivity contribution is 6.29. The number of rotatable bonds is 6. The number of primary amides is 1. The van der Waals surface area contributed by atoms with E-state index >= 15 is 0 Å². The standard InChI is InChI=1S/C15H22ClNO/c1-5-7-14(15(17)18)13(9-8-12(4)16)10-11(3)6-2/h7-10H,5-6H2,1-4H3,(H2,17,18)/b11-10+,12-8+,13-9+,14-7+. The number of halogens is 1. The molecule has 100 valence electrons. The molecule has 0 unspecified atom stereocenters. The summed E-state index contributed by atoms with van der Waals surface area (Å²) in [5.74, 6) is -0.413. The molecule has 0 aromatic rings. The minimum Gasteiger partial charge on any atom is -0.366 e. The first-order valence-corrected chi connectivity index (χ1v) is 6.51. The number of nitrogens with two attached hydrogens (primary N) is 1. The number of carbonyl (C=O) groups is 1. The molecule has 1 amide bonds. The van der Waals surface area contributed by atoms with Crippen molar-refractivity contribution in [1.29, 1.82) is 0 Å². The maximum absolute atomic E-state index is 11.5. The predicted octanol–water partition coefficient (Wildman–Crippen LogP) is 4.23. The first-order valence-electron chi connectivity index (χ1n) is 6.13.